The first kappa shape index (κ1) is 16.2. The summed E-state index contributed by atoms with van der Waals surface area (Å²) in [7, 11) is 0. The third-order valence-electron chi connectivity index (χ3n) is 4.01. The number of aliphatic hydroxyl groups excluding tert-OH is 1. The first-order valence-electron chi connectivity index (χ1n) is 6.43. The Morgan fingerprint density at radius 1 is 0.950 bits per heavy atom. The normalized spacial score (nSPS) is 12.1. The van der Waals surface area contributed by atoms with Gasteiger partial charge in [-0.1, -0.05) is 0 Å². The number of nitrogens with one attached hydrogen (secondary N) is 1. The van der Waals surface area contributed by atoms with E-state index in [9.17, 15) is 9.59 Å². The Bertz CT molecular complexity index is 534. The predicted molar refractivity (Wildman–Crippen MR) is 76.1 cm³/mol. The SMILES string of the molecule is Cc1c(C)c(C)c(C(=O)N[C@H](CO)C(=O)O)c(C)c1C. The maximum absolute atomic E-state index is 12.3. The van der Waals surface area contributed by atoms with E-state index in [0.717, 1.165) is 27.8 Å². The van der Waals surface area contributed by atoms with Gasteiger partial charge in [-0.3, -0.25) is 4.79 Å². The van der Waals surface area contributed by atoms with Gasteiger partial charge in [0.05, 0.1) is 6.61 Å². The number of carboxylic acids is 1. The lowest BCUT2D eigenvalue weighted by atomic mass is 9.89. The van der Waals surface area contributed by atoms with E-state index in [0.29, 0.717) is 5.56 Å². The first-order valence-corrected chi connectivity index (χ1v) is 6.43. The van der Waals surface area contributed by atoms with E-state index in [-0.39, 0.29) is 0 Å². The van der Waals surface area contributed by atoms with Gasteiger partial charge in [0.2, 0.25) is 0 Å². The molecule has 1 amide bonds. The molecule has 0 aliphatic heterocycles. The molecule has 0 aromatic heterocycles. The Balaban J connectivity index is 3.27. The topological polar surface area (TPSA) is 86.6 Å². The molecule has 3 N–H and O–H groups in total. The lowest BCUT2D eigenvalue weighted by molar-refractivity contribution is -0.140. The molecule has 5 heteroatoms. The molecule has 20 heavy (non-hydrogen) atoms. The second kappa shape index (κ2) is 6.05. The summed E-state index contributed by atoms with van der Waals surface area (Å²) in [5.41, 5.74) is 5.34. The van der Waals surface area contributed by atoms with Crippen molar-refractivity contribution in [2.45, 2.75) is 40.7 Å². The van der Waals surface area contributed by atoms with Crippen molar-refractivity contribution >= 4 is 11.9 Å². The lowest BCUT2D eigenvalue weighted by Gasteiger charge is -2.19. The Morgan fingerprint density at radius 3 is 1.70 bits per heavy atom. The van der Waals surface area contributed by atoms with Crippen LogP contribution in [-0.4, -0.2) is 34.7 Å². The van der Waals surface area contributed by atoms with E-state index >= 15 is 0 Å². The van der Waals surface area contributed by atoms with E-state index in [2.05, 4.69) is 5.32 Å². The lowest BCUT2D eigenvalue weighted by Crippen LogP contribution is -2.43. The largest absolute Gasteiger partial charge is 0.480 e. The summed E-state index contributed by atoms with van der Waals surface area (Å²) in [5.74, 6) is -1.72. The molecule has 5 nitrogen and oxygen atoms in total. The number of benzene rings is 1. The number of carbonyl (C=O) groups is 2. The Kier molecular flexibility index (Phi) is 4.89. The van der Waals surface area contributed by atoms with Crippen molar-refractivity contribution in [2.24, 2.45) is 0 Å². The molecule has 0 aliphatic rings. The van der Waals surface area contributed by atoms with Gasteiger partial charge in [0.25, 0.3) is 5.91 Å². The van der Waals surface area contributed by atoms with Gasteiger partial charge in [-0.15, -0.1) is 0 Å². The van der Waals surface area contributed by atoms with Gasteiger partial charge in [0.1, 0.15) is 0 Å². The molecule has 0 fully saturated rings. The number of hydrogen-bond donors (Lipinski definition) is 3. The van der Waals surface area contributed by atoms with Crippen molar-refractivity contribution in [3.8, 4) is 0 Å². The van der Waals surface area contributed by atoms with Gasteiger partial charge in [0, 0.05) is 5.56 Å². The minimum atomic E-state index is -1.29. The molecule has 0 unspecified atom stereocenters. The Hall–Kier alpha value is -1.88. The number of carbonyl (C=O) groups excluding carboxylic acids is 1. The van der Waals surface area contributed by atoms with Crippen molar-refractivity contribution < 1.29 is 19.8 Å². The summed E-state index contributed by atoms with van der Waals surface area (Å²) < 4.78 is 0. The van der Waals surface area contributed by atoms with E-state index in [1.165, 1.54) is 0 Å². The quantitative estimate of drug-likeness (QED) is 0.777. The fourth-order valence-electron chi connectivity index (χ4n) is 2.26. The maximum Gasteiger partial charge on any atom is 0.328 e. The monoisotopic (exact) mass is 279 g/mol. The highest BCUT2D eigenvalue weighted by Crippen LogP contribution is 2.25. The van der Waals surface area contributed by atoms with E-state index < -0.39 is 24.5 Å². The summed E-state index contributed by atoms with van der Waals surface area (Å²) >= 11 is 0. The van der Waals surface area contributed by atoms with Gasteiger partial charge in [-0.25, -0.2) is 4.79 Å². The molecule has 1 aromatic carbocycles. The molecule has 0 aliphatic carbocycles. The number of aliphatic hydroxyl groups is 1. The molecule has 0 spiro atoms. The van der Waals surface area contributed by atoms with Crippen LogP contribution in [0.2, 0.25) is 0 Å². The van der Waals surface area contributed by atoms with Crippen LogP contribution in [0.1, 0.15) is 38.2 Å². The van der Waals surface area contributed by atoms with Crippen LogP contribution in [0.5, 0.6) is 0 Å². The van der Waals surface area contributed by atoms with Gasteiger partial charge < -0.3 is 15.5 Å². The zero-order valence-electron chi connectivity index (χ0n) is 12.5. The molecule has 0 saturated heterocycles. The second-order valence-corrected chi connectivity index (χ2v) is 5.05. The van der Waals surface area contributed by atoms with Crippen molar-refractivity contribution in [1.29, 1.82) is 0 Å². The van der Waals surface area contributed by atoms with E-state index in [1.54, 1.807) is 0 Å². The number of aliphatic carboxylic acids is 1. The fraction of sp³-hybridized carbons (Fsp3) is 0.467. The predicted octanol–water partition coefficient (Wildman–Crippen LogP) is 1.40. The summed E-state index contributed by atoms with van der Waals surface area (Å²) in [6, 6.07) is -1.29. The number of carboxylic acid groups (broad SMARTS) is 1. The van der Waals surface area contributed by atoms with Crippen LogP contribution in [0.4, 0.5) is 0 Å². The zero-order valence-corrected chi connectivity index (χ0v) is 12.5. The van der Waals surface area contributed by atoms with Gasteiger partial charge in [-0.2, -0.15) is 0 Å². The zero-order chi connectivity index (χ0) is 15.6. The van der Waals surface area contributed by atoms with Crippen molar-refractivity contribution in [1.82, 2.24) is 5.32 Å². The summed E-state index contributed by atoms with van der Waals surface area (Å²) in [5, 5.41) is 20.2. The Morgan fingerprint density at radius 2 is 1.35 bits per heavy atom. The maximum atomic E-state index is 12.3. The Labute approximate surface area is 118 Å². The minimum absolute atomic E-state index is 0.465. The molecule has 110 valence electrons. The highest BCUT2D eigenvalue weighted by atomic mass is 16.4. The van der Waals surface area contributed by atoms with Gasteiger partial charge in [0.15, 0.2) is 6.04 Å². The molecule has 0 saturated carbocycles. The molecule has 0 radical (unpaired) electrons. The van der Waals surface area contributed by atoms with Gasteiger partial charge >= 0.3 is 5.97 Å². The van der Waals surface area contributed by atoms with Crippen molar-refractivity contribution in [2.75, 3.05) is 6.61 Å². The molecule has 1 rings (SSSR count). The third-order valence-corrected chi connectivity index (χ3v) is 4.01. The summed E-state index contributed by atoms with van der Waals surface area (Å²) in [4.78, 5) is 23.2. The van der Waals surface area contributed by atoms with Crippen LogP contribution in [0.3, 0.4) is 0 Å². The summed E-state index contributed by atoms with van der Waals surface area (Å²) in [6.07, 6.45) is 0. The van der Waals surface area contributed by atoms with Crippen LogP contribution in [0, 0.1) is 34.6 Å². The number of amides is 1. The highest BCUT2D eigenvalue weighted by Gasteiger charge is 2.23. The van der Waals surface area contributed by atoms with Crippen LogP contribution >= 0.6 is 0 Å². The average Bonchev–Trinajstić information content (AvgIpc) is 2.40. The molecular formula is C15H21NO4. The van der Waals surface area contributed by atoms with Gasteiger partial charge in [-0.05, 0) is 62.4 Å². The van der Waals surface area contributed by atoms with E-state index in [1.807, 2.05) is 34.6 Å². The van der Waals surface area contributed by atoms with Crippen LogP contribution in [0.15, 0.2) is 0 Å². The van der Waals surface area contributed by atoms with Crippen LogP contribution in [0.25, 0.3) is 0 Å². The van der Waals surface area contributed by atoms with Crippen molar-refractivity contribution in [3.63, 3.8) is 0 Å². The number of rotatable bonds is 4. The molecule has 1 aromatic rings. The van der Waals surface area contributed by atoms with Crippen LogP contribution < -0.4 is 5.32 Å². The first-order chi connectivity index (χ1) is 9.22. The second-order valence-electron chi connectivity index (χ2n) is 5.05. The highest BCUT2D eigenvalue weighted by molar-refractivity contribution is 5.99. The van der Waals surface area contributed by atoms with Crippen LogP contribution in [-0.2, 0) is 4.79 Å². The molecular weight excluding hydrogens is 258 g/mol. The molecule has 1 atom stereocenters. The van der Waals surface area contributed by atoms with Crippen molar-refractivity contribution in [3.05, 3.63) is 33.4 Å². The minimum Gasteiger partial charge on any atom is -0.480 e. The smallest absolute Gasteiger partial charge is 0.328 e. The summed E-state index contributed by atoms with van der Waals surface area (Å²) in [6.45, 7) is 8.93. The molecule has 0 heterocycles. The standard InChI is InChI=1S/C15H21NO4/c1-7-8(2)10(4)13(11(5)9(7)3)14(18)16-12(6-17)15(19)20/h12,17H,6H2,1-5H3,(H,16,18)(H,19,20)/t12-/m1/s1. The number of hydrogen-bond acceptors (Lipinski definition) is 3. The fourth-order valence-corrected chi connectivity index (χ4v) is 2.26. The molecule has 0 bridgehead atoms. The average molecular weight is 279 g/mol. The third kappa shape index (κ3) is 2.82. The van der Waals surface area contributed by atoms with E-state index in [4.69, 9.17) is 10.2 Å².